The molecule has 1 atom stereocenters. The lowest BCUT2D eigenvalue weighted by Crippen LogP contribution is -2.26. The molecule has 1 N–H and O–H groups in total. The van der Waals surface area contributed by atoms with Crippen LogP contribution in [0.1, 0.15) is 31.0 Å². The highest BCUT2D eigenvalue weighted by Gasteiger charge is 2.18. The van der Waals surface area contributed by atoms with E-state index in [9.17, 15) is 8.42 Å². The van der Waals surface area contributed by atoms with Gasteiger partial charge in [0, 0.05) is 18.4 Å². The summed E-state index contributed by atoms with van der Waals surface area (Å²) in [6, 6.07) is 10.3. The largest absolute Gasteiger partial charge is 0.265 e. The molecule has 0 spiro atoms. The zero-order chi connectivity index (χ0) is 14.6. The average molecular weight is 290 g/mol. The van der Waals surface area contributed by atoms with Gasteiger partial charge in [0.25, 0.3) is 0 Å². The Morgan fingerprint density at radius 1 is 1.10 bits per heavy atom. The molecular weight excluding hydrogens is 272 g/mol. The monoisotopic (exact) mass is 290 g/mol. The lowest BCUT2D eigenvalue weighted by atomic mass is 10.1. The standard InChI is InChI=1S/C15H18N2O2S/c1-3-13-4-6-15(7-5-13)20(18,19)17-12(2)14-8-10-16-11-9-14/h4-12,17H,3H2,1-2H3. The maximum absolute atomic E-state index is 12.3. The Balaban J connectivity index is 2.18. The highest BCUT2D eigenvalue weighted by atomic mass is 32.2. The number of aryl methyl sites for hydroxylation is 1. The molecule has 1 heterocycles. The number of benzene rings is 1. The third-order valence-electron chi connectivity index (χ3n) is 3.18. The van der Waals surface area contributed by atoms with Crippen molar-refractivity contribution < 1.29 is 8.42 Å². The Labute approximate surface area is 119 Å². The Morgan fingerprint density at radius 3 is 2.25 bits per heavy atom. The number of aromatic nitrogens is 1. The van der Waals surface area contributed by atoms with E-state index in [1.807, 2.05) is 26.0 Å². The number of nitrogens with one attached hydrogen (secondary N) is 1. The van der Waals surface area contributed by atoms with Gasteiger partial charge in [0.1, 0.15) is 0 Å². The van der Waals surface area contributed by atoms with Crippen molar-refractivity contribution >= 4 is 10.0 Å². The van der Waals surface area contributed by atoms with Crippen LogP contribution in [0.15, 0.2) is 53.7 Å². The number of pyridine rings is 1. The average Bonchev–Trinajstić information content (AvgIpc) is 2.48. The Hall–Kier alpha value is -1.72. The quantitative estimate of drug-likeness (QED) is 0.921. The predicted octanol–water partition coefficient (Wildman–Crippen LogP) is 2.68. The second-order valence-corrected chi connectivity index (χ2v) is 6.34. The van der Waals surface area contributed by atoms with Crippen molar-refractivity contribution in [2.75, 3.05) is 0 Å². The summed E-state index contributed by atoms with van der Waals surface area (Å²) in [5.74, 6) is 0. The molecular formula is C15H18N2O2S. The van der Waals surface area contributed by atoms with E-state index in [1.54, 1.807) is 36.7 Å². The first-order chi connectivity index (χ1) is 9.53. The van der Waals surface area contributed by atoms with Crippen LogP contribution in [0.3, 0.4) is 0 Å². The summed E-state index contributed by atoms with van der Waals surface area (Å²) in [5, 5.41) is 0. The lowest BCUT2D eigenvalue weighted by Gasteiger charge is -2.14. The normalized spacial score (nSPS) is 13.1. The minimum Gasteiger partial charge on any atom is -0.265 e. The van der Waals surface area contributed by atoms with E-state index in [1.165, 1.54) is 0 Å². The van der Waals surface area contributed by atoms with Crippen LogP contribution in [0.2, 0.25) is 0 Å². The maximum atomic E-state index is 12.3. The summed E-state index contributed by atoms with van der Waals surface area (Å²) in [7, 11) is -3.50. The maximum Gasteiger partial charge on any atom is 0.241 e. The molecule has 0 radical (unpaired) electrons. The number of rotatable bonds is 5. The zero-order valence-electron chi connectivity index (χ0n) is 11.6. The van der Waals surface area contributed by atoms with Gasteiger partial charge >= 0.3 is 0 Å². The van der Waals surface area contributed by atoms with Gasteiger partial charge in [-0.15, -0.1) is 0 Å². The molecule has 20 heavy (non-hydrogen) atoms. The Kier molecular flexibility index (Phi) is 4.52. The predicted molar refractivity (Wildman–Crippen MR) is 78.8 cm³/mol. The van der Waals surface area contributed by atoms with Crippen molar-refractivity contribution in [3.63, 3.8) is 0 Å². The van der Waals surface area contributed by atoms with E-state index in [4.69, 9.17) is 0 Å². The van der Waals surface area contributed by atoms with Crippen molar-refractivity contribution in [2.45, 2.75) is 31.2 Å². The molecule has 0 aliphatic carbocycles. The van der Waals surface area contributed by atoms with E-state index in [0.717, 1.165) is 17.5 Å². The van der Waals surface area contributed by atoms with Crippen molar-refractivity contribution in [1.82, 2.24) is 9.71 Å². The van der Waals surface area contributed by atoms with Gasteiger partial charge in [-0.2, -0.15) is 0 Å². The second-order valence-electron chi connectivity index (χ2n) is 4.62. The summed E-state index contributed by atoms with van der Waals surface area (Å²) < 4.78 is 27.2. The van der Waals surface area contributed by atoms with Gasteiger partial charge in [-0.25, -0.2) is 13.1 Å². The fraction of sp³-hybridized carbons (Fsp3) is 0.267. The molecule has 0 bridgehead atoms. The van der Waals surface area contributed by atoms with Crippen LogP contribution >= 0.6 is 0 Å². The minimum atomic E-state index is -3.50. The smallest absolute Gasteiger partial charge is 0.241 e. The van der Waals surface area contributed by atoms with Crippen LogP contribution in [0.4, 0.5) is 0 Å². The third kappa shape index (κ3) is 3.43. The van der Waals surface area contributed by atoms with Crippen LogP contribution in [0.25, 0.3) is 0 Å². The van der Waals surface area contributed by atoms with E-state index in [0.29, 0.717) is 0 Å². The molecule has 0 aliphatic heterocycles. The van der Waals surface area contributed by atoms with E-state index < -0.39 is 10.0 Å². The van der Waals surface area contributed by atoms with Crippen LogP contribution in [0.5, 0.6) is 0 Å². The summed E-state index contributed by atoms with van der Waals surface area (Å²) in [6.45, 7) is 3.85. The van der Waals surface area contributed by atoms with E-state index in [-0.39, 0.29) is 10.9 Å². The molecule has 0 amide bonds. The van der Waals surface area contributed by atoms with Gasteiger partial charge in [0.15, 0.2) is 0 Å². The number of hydrogen-bond acceptors (Lipinski definition) is 3. The molecule has 5 heteroatoms. The number of nitrogens with zero attached hydrogens (tertiary/aromatic N) is 1. The van der Waals surface area contributed by atoms with Crippen molar-refractivity contribution in [1.29, 1.82) is 0 Å². The SMILES string of the molecule is CCc1ccc(S(=O)(=O)NC(C)c2ccncc2)cc1. The highest BCUT2D eigenvalue weighted by molar-refractivity contribution is 7.89. The Morgan fingerprint density at radius 2 is 1.70 bits per heavy atom. The molecule has 106 valence electrons. The highest BCUT2D eigenvalue weighted by Crippen LogP contribution is 2.16. The Bertz CT molecular complexity index is 652. The van der Waals surface area contributed by atoms with Crippen molar-refractivity contribution in [3.05, 3.63) is 59.9 Å². The number of hydrogen-bond donors (Lipinski definition) is 1. The minimum absolute atomic E-state index is 0.288. The molecule has 2 aromatic rings. The summed E-state index contributed by atoms with van der Waals surface area (Å²) in [5.41, 5.74) is 2.00. The second kappa shape index (κ2) is 6.15. The van der Waals surface area contributed by atoms with E-state index >= 15 is 0 Å². The van der Waals surface area contributed by atoms with E-state index in [2.05, 4.69) is 9.71 Å². The van der Waals surface area contributed by atoms with Crippen molar-refractivity contribution in [3.8, 4) is 0 Å². The first-order valence-corrected chi connectivity index (χ1v) is 8.02. The summed E-state index contributed by atoms with van der Waals surface area (Å²) >= 11 is 0. The van der Waals surface area contributed by atoms with Gasteiger partial charge in [-0.3, -0.25) is 4.98 Å². The molecule has 2 rings (SSSR count). The van der Waals surface area contributed by atoms with Gasteiger partial charge in [0.2, 0.25) is 10.0 Å². The van der Waals surface area contributed by atoms with Crippen LogP contribution in [0, 0.1) is 0 Å². The number of sulfonamides is 1. The van der Waals surface area contributed by atoms with Gasteiger partial charge in [0.05, 0.1) is 4.90 Å². The van der Waals surface area contributed by atoms with Gasteiger partial charge < -0.3 is 0 Å². The third-order valence-corrected chi connectivity index (χ3v) is 4.74. The van der Waals surface area contributed by atoms with Gasteiger partial charge in [-0.1, -0.05) is 19.1 Å². The molecule has 1 unspecified atom stereocenters. The topological polar surface area (TPSA) is 59.1 Å². The first kappa shape index (κ1) is 14.7. The van der Waals surface area contributed by atoms with Crippen LogP contribution in [-0.4, -0.2) is 13.4 Å². The molecule has 0 fully saturated rings. The molecule has 0 saturated carbocycles. The summed E-state index contributed by atoms with van der Waals surface area (Å²) in [4.78, 5) is 4.21. The lowest BCUT2D eigenvalue weighted by molar-refractivity contribution is 0.567. The van der Waals surface area contributed by atoms with Crippen molar-refractivity contribution in [2.24, 2.45) is 0 Å². The fourth-order valence-corrected chi connectivity index (χ4v) is 3.16. The molecule has 1 aromatic heterocycles. The van der Waals surface area contributed by atoms with Gasteiger partial charge in [-0.05, 0) is 48.7 Å². The molecule has 0 saturated heterocycles. The molecule has 0 aliphatic rings. The van der Waals surface area contributed by atoms with Crippen LogP contribution in [-0.2, 0) is 16.4 Å². The zero-order valence-corrected chi connectivity index (χ0v) is 12.4. The fourth-order valence-electron chi connectivity index (χ4n) is 1.93. The molecule has 1 aromatic carbocycles. The summed E-state index contributed by atoms with van der Waals surface area (Å²) in [6.07, 6.45) is 4.19. The van der Waals surface area contributed by atoms with Crippen LogP contribution < -0.4 is 4.72 Å². The first-order valence-electron chi connectivity index (χ1n) is 6.54. The molecule has 4 nitrogen and oxygen atoms in total.